The molecule has 0 radical (unpaired) electrons. The Morgan fingerprint density at radius 3 is 1.16 bits per heavy atom. The molecule has 0 heterocycles. The van der Waals surface area contributed by atoms with E-state index >= 15 is 0 Å². The molecule has 0 rings (SSSR count). The molecule has 0 aliphatic heterocycles. The molecule has 1 N–H and O–H groups in total. The third-order valence-corrected chi connectivity index (χ3v) is 6.75. The Balaban J connectivity index is 4.09. The fourth-order valence-corrected chi connectivity index (χ4v) is 4.69. The summed E-state index contributed by atoms with van der Waals surface area (Å²) in [4.78, 5) is 11.9. The highest BCUT2D eigenvalue weighted by Crippen LogP contribution is 2.33. The summed E-state index contributed by atoms with van der Waals surface area (Å²) in [5.74, 6) is -2.58. The van der Waals surface area contributed by atoms with E-state index in [-0.39, 0.29) is 5.92 Å². The molecule has 0 saturated carbocycles. The minimum Gasteiger partial charge on any atom is -0.477 e. The molecule has 0 aliphatic rings. The van der Waals surface area contributed by atoms with Crippen LogP contribution >= 0.6 is 0 Å². The molecule has 0 fully saturated rings. The highest BCUT2D eigenvalue weighted by atomic mass is 16.7. The second-order valence-corrected chi connectivity index (χ2v) is 9.31. The monoisotopic (exact) mass is 442 g/mol. The van der Waals surface area contributed by atoms with Gasteiger partial charge in [0.05, 0.1) is 0 Å². The second-order valence-electron chi connectivity index (χ2n) is 9.31. The smallest absolute Gasteiger partial charge is 0.364 e. The van der Waals surface area contributed by atoms with Gasteiger partial charge in [-0.25, -0.2) is 4.79 Å². The van der Waals surface area contributed by atoms with Crippen molar-refractivity contribution in [3.05, 3.63) is 0 Å². The summed E-state index contributed by atoms with van der Waals surface area (Å²) >= 11 is 0. The van der Waals surface area contributed by atoms with Crippen molar-refractivity contribution in [2.45, 2.75) is 148 Å². The molecule has 186 valence electrons. The van der Waals surface area contributed by atoms with Crippen LogP contribution in [0, 0.1) is 5.92 Å². The highest BCUT2D eigenvalue weighted by molar-refractivity contribution is 5.76. The Hall–Kier alpha value is -0.610. The first kappa shape index (κ1) is 30.4. The number of hydrogen-bond donors (Lipinski definition) is 1. The standard InChI is InChI=1S/C27H54O4/c1-5-7-9-11-12-13-14-15-16-17-18-20-22-24-25(23-21-19-10-8-6-2)27(30-3,31-4)26(28)29/h25H,5-24H2,1-4H3,(H,28,29). The SMILES string of the molecule is CCCCCCCCCCCCCCCC(CCCCCCC)C(OC)(OC)C(=O)O. The van der Waals surface area contributed by atoms with Crippen LogP contribution in [0.2, 0.25) is 0 Å². The predicted molar refractivity (Wildman–Crippen MR) is 132 cm³/mol. The number of rotatable bonds is 24. The summed E-state index contributed by atoms with van der Waals surface area (Å²) in [5.41, 5.74) is 0. The largest absolute Gasteiger partial charge is 0.477 e. The van der Waals surface area contributed by atoms with Crippen LogP contribution in [0.15, 0.2) is 0 Å². The molecule has 1 atom stereocenters. The number of aliphatic carboxylic acids is 1. The van der Waals surface area contributed by atoms with Crippen LogP contribution in [0.1, 0.15) is 142 Å². The van der Waals surface area contributed by atoms with Crippen LogP contribution < -0.4 is 0 Å². The maximum Gasteiger partial charge on any atom is 0.364 e. The van der Waals surface area contributed by atoms with Gasteiger partial charge in [0.2, 0.25) is 0 Å². The number of carboxylic acid groups (broad SMARTS) is 1. The van der Waals surface area contributed by atoms with Gasteiger partial charge >= 0.3 is 5.97 Å². The van der Waals surface area contributed by atoms with Gasteiger partial charge in [-0.1, -0.05) is 129 Å². The lowest BCUT2D eigenvalue weighted by Crippen LogP contribution is -2.49. The molecule has 0 aliphatic carbocycles. The van der Waals surface area contributed by atoms with Gasteiger partial charge in [-0.05, 0) is 12.8 Å². The molecule has 4 nitrogen and oxygen atoms in total. The van der Waals surface area contributed by atoms with Crippen LogP contribution in [0.3, 0.4) is 0 Å². The van der Waals surface area contributed by atoms with E-state index in [1.54, 1.807) is 0 Å². The van der Waals surface area contributed by atoms with Crippen molar-refractivity contribution in [3.8, 4) is 0 Å². The van der Waals surface area contributed by atoms with Gasteiger partial charge in [0.15, 0.2) is 0 Å². The van der Waals surface area contributed by atoms with Gasteiger partial charge in [0.1, 0.15) is 0 Å². The Bertz CT molecular complexity index is 393. The first-order valence-corrected chi connectivity index (χ1v) is 13.4. The molecule has 0 bridgehead atoms. The average molecular weight is 443 g/mol. The molecular formula is C27H54O4. The zero-order chi connectivity index (χ0) is 23.2. The summed E-state index contributed by atoms with van der Waals surface area (Å²) in [6.07, 6.45) is 24.8. The van der Waals surface area contributed by atoms with Gasteiger partial charge in [-0.15, -0.1) is 0 Å². The van der Waals surface area contributed by atoms with Gasteiger partial charge in [-0.2, -0.15) is 0 Å². The molecule has 0 aromatic carbocycles. The van der Waals surface area contributed by atoms with E-state index in [1.807, 2.05) is 0 Å². The van der Waals surface area contributed by atoms with Crippen molar-refractivity contribution >= 4 is 5.97 Å². The number of hydrogen-bond acceptors (Lipinski definition) is 3. The zero-order valence-electron chi connectivity index (χ0n) is 21.4. The fraction of sp³-hybridized carbons (Fsp3) is 0.963. The third-order valence-electron chi connectivity index (χ3n) is 6.75. The minimum absolute atomic E-state index is 0.0886. The Labute approximate surface area is 193 Å². The number of unbranched alkanes of at least 4 members (excludes halogenated alkanes) is 16. The lowest BCUT2D eigenvalue weighted by molar-refractivity contribution is -0.248. The van der Waals surface area contributed by atoms with E-state index in [0.717, 1.165) is 32.1 Å². The lowest BCUT2D eigenvalue weighted by Gasteiger charge is -2.34. The van der Waals surface area contributed by atoms with E-state index in [9.17, 15) is 9.90 Å². The third kappa shape index (κ3) is 14.2. The van der Waals surface area contributed by atoms with E-state index in [1.165, 1.54) is 111 Å². The van der Waals surface area contributed by atoms with Crippen molar-refractivity contribution in [1.82, 2.24) is 0 Å². The van der Waals surface area contributed by atoms with Gasteiger partial charge in [0.25, 0.3) is 5.79 Å². The molecule has 31 heavy (non-hydrogen) atoms. The molecule has 4 heteroatoms. The topological polar surface area (TPSA) is 55.8 Å². The van der Waals surface area contributed by atoms with Crippen molar-refractivity contribution in [2.24, 2.45) is 5.92 Å². The second kappa shape index (κ2) is 21.2. The quantitative estimate of drug-likeness (QED) is 0.120. The Morgan fingerprint density at radius 1 is 0.613 bits per heavy atom. The molecular weight excluding hydrogens is 388 g/mol. The zero-order valence-corrected chi connectivity index (χ0v) is 21.4. The van der Waals surface area contributed by atoms with E-state index in [4.69, 9.17) is 9.47 Å². The normalized spacial score (nSPS) is 12.9. The summed E-state index contributed by atoms with van der Waals surface area (Å²) in [5, 5.41) is 9.79. The Kier molecular flexibility index (Phi) is 20.8. The van der Waals surface area contributed by atoms with Crippen LogP contribution in [-0.2, 0) is 14.3 Å². The number of ether oxygens (including phenoxy) is 2. The van der Waals surface area contributed by atoms with Gasteiger partial charge < -0.3 is 14.6 Å². The molecule has 0 aromatic rings. The number of methoxy groups -OCH3 is 2. The van der Waals surface area contributed by atoms with Gasteiger partial charge in [0, 0.05) is 20.1 Å². The maximum atomic E-state index is 11.9. The number of carboxylic acids is 1. The van der Waals surface area contributed by atoms with Crippen LogP contribution in [0.25, 0.3) is 0 Å². The maximum absolute atomic E-state index is 11.9. The van der Waals surface area contributed by atoms with Crippen LogP contribution in [0.4, 0.5) is 0 Å². The minimum atomic E-state index is -1.50. The summed E-state index contributed by atoms with van der Waals surface area (Å²) in [6, 6.07) is 0. The predicted octanol–water partition coefficient (Wildman–Crippen LogP) is 8.52. The molecule has 1 unspecified atom stereocenters. The summed E-state index contributed by atoms with van der Waals surface area (Å²) in [6.45, 7) is 4.48. The van der Waals surface area contributed by atoms with Crippen molar-refractivity contribution in [1.29, 1.82) is 0 Å². The summed E-state index contributed by atoms with van der Waals surface area (Å²) in [7, 11) is 2.93. The molecule has 0 amide bonds. The van der Waals surface area contributed by atoms with E-state index in [0.29, 0.717) is 0 Å². The van der Waals surface area contributed by atoms with Crippen molar-refractivity contribution in [2.75, 3.05) is 14.2 Å². The van der Waals surface area contributed by atoms with E-state index < -0.39 is 11.8 Å². The van der Waals surface area contributed by atoms with Crippen LogP contribution in [-0.4, -0.2) is 31.1 Å². The summed E-state index contributed by atoms with van der Waals surface area (Å²) < 4.78 is 10.9. The molecule has 0 aromatic heterocycles. The van der Waals surface area contributed by atoms with Crippen molar-refractivity contribution < 1.29 is 19.4 Å². The Morgan fingerprint density at radius 2 is 0.903 bits per heavy atom. The lowest BCUT2D eigenvalue weighted by atomic mass is 9.86. The number of carbonyl (C=O) groups is 1. The molecule has 0 spiro atoms. The highest BCUT2D eigenvalue weighted by Gasteiger charge is 2.46. The first-order valence-electron chi connectivity index (χ1n) is 13.4. The average Bonchev–Trinajstić information content (AvgIpc) is 2.77. The molecule has 0 saturated heterocycles. The first-order chi connectivity index (χ1) is 15.1. The van der Waals surface area contributed by atoms with Crippen LogP contribution in [0.5, 0.6) is 0 Å². The fourth-order valence-electron chi connectivity index (χ4n) is 4.69. The van der Waals surface area contributed by atoms with E-state index in [2.05, 4.69) is 13.8 Å². The van der Waals surface area contributed by atoms with Crippen molar-refractivity contribution in [3.63, 3.8) is 0 Å². The van der Waals surface area contributed by atoms with Gasteiger partial charge in [-0.3, -0.25) is 0 Å².